The van der Waals surface area contributed by atoms with Crippen molar-refractivity contribution in [2.24, 2.45) is 7.05 Å². The molecule has 0 saturated carbocycles. The maximum atomic E-state index is 13.5. The molecule has 0 bridgehead atoms. The van der Waals surface area contributed by atoms with Gasteiger partial charge in [-0.1, -0.05) is 12.1 Å². The van der Waals surface area contributed by atoms with Crippen LogP contribution in [0.1, 0.15) is 5.69 Å². The Morgan fingerprint density at radius 2 is 2.17 bits per heavy atom. The Hall–Kier alpha value is -2.41. The Morgan fingerprint density at radius 3 is 2.83 bits per heavy atom. The average molecular weight is 318 g/mol. The van der Waals surface area contributed by atoms with Crippen molar-refractivity contribution in [1.82, 2.24) is 14.7 Å². The van der Waals surface area contributed by atoms with Crippen LogP contribution >= 0.6 is 0 Å². The van der Waals surface area contributed by atoms with E-state index in [4.69, 9.17) is 4.74 Å². The van der Waals surface area contributed by atoms with E-state index in [9.17, 15) is 9.18 Å². The lowest BCUT2D eigenvalue weighted by Crippen LogP contribution is -2.55. The highest BCUT2D eigenvalue weighted by molar-refractivity contribution is 5.92. The molecule has 1 N–H and O–H groups in total. The van der Waals surface area contributed by atoms with E-state index in [0.717, 1.165) is 11.4 Å². The van der Waals surface area contributed by atoms with E-state index >= 15 is 0 Å². The second kappa shape index (κ2) is 6.37. The van der Waals surface area contributed by atoms with Crippen LogP contribution in [0.15, 0.2) is 30.5 Å². The number of benzene rings is 1. The van der Waals surface area contributed by atoms with Gasteiger partial charge in [-0.3, -0.25) is 14.4 Å². The Bertz CT molecular complexity index is 710. The maximum Gasteiger partial charge on any atom is 0.238 e. The number of para-hydroxylation sites is 1. The number of aromatic nitrogens is 2. The lowest BCUT2D eigenvalue weighted by atomic mass is 10.1. The van der Waals surface area contributed by atoms with Crippen molar-refractivity contribution >= 4 is 11.6 Å². The minimum Gasteiger partial charge on any atom is -0.485 e. The van der Waals surface area contributed by atoms with Gasteiger partial charge in [0.2, 0.25) is 5.91 Å². The van der Waals surface area contributed by atoms with Gasteiger partial charge in [0.15, 0.2) is 11.6 Å². The van der Waals surface area contributed by atoms with Gasteiger partial charge in [0.05, 0.1) is 17.9 Å². The minimum atomic E-state index is -0.365. The molecule has 6 nitrogen and oxygen atoms in total. The van der Waals surface area contributed by atoms with E-state index in [1.807, 2.05) is 18.9 Å². The van der Waals surface area contributed by atoms with Crippen LogP contribution in [-0.2, 0) is 11.8 Å². The minimum absolute atomic E-state index is 0.0835. The highest BCUT2D eigenvalue weighted by Gasteiger charge is 2.30. The van der Waals surface area contributed by atoms with Gasteiger partial charge in [-0.25, -0.2) is 4.39 Å². The summed E-state index contributed by atoms with van der Waals surface area (Å²) in [5, 5.41) is 7.02. The molecule has 0 radical (unpaired) electrons. The average Bonchev–Trinajstić information content (AvgIpc) is 2.76. The van der Waals surface area contributed by atoms with Gasteiger partial charge >= 0.3 is 0 Å². The molecule has 7 heteroatoms. The summed E-state index contributed by atoms with van der Waals surface area (Å²) < 4.78 is 20.7. The van der Waals surface area contributed by atoms with Crippen molar-refractivity contribution < 1.29 is 13.9 Å². The first-order chi connectivity index (χ1) is 11.0. The van der Waals surface area contributed by atoms with E-state index < -0.39 is 0 Å². The molecule has 2 aromatic rings. The van der Waals surface area contributed by atoms with Crippen LogP contribution in [-0.4, -0.2) is 46.3 Å². The van der Waals surface area contributed by atoms with Gasteiger partial charge in [0.25, 0.3) is 0 Å². The van der Waals surface area contributed by atoms with Crippen LogP contribution in [0, 0.1) is 12.7 Å². The van der Waals surface area contributed by atoms with E-state index in [2.05, 4.69) is 10.4 Å². The highest BCUT2D eigenvalue weighted by Crippen LogP contribution is 2.21. The number of ether oxygens (including phenoxy) is 1. The number of anilines is 1. The first-order valence-electron chi connectivity index (χ1n) is 7.45. The molecule has 1 fully saturated rings. The van der Waals surface area contributed by atoms with Crippen molar-refractivity contribution in [2.75, 3.05) is 25.0 Å². The van der Waals surface area contributed by atoms with Crippen LogP contribution in [0.25, 0.3) is 0 Å². The van der Waals surface area contributed by atoms with Crippen LogP contribution in [0.5, 0.6) is 5.75 Å². The Balaban J connectivity index is 1.44. The highest BCUT2D eigenvalue weighted by atomic mass is 19.1. The predicted molar refractivity (Wildman–Crippen MR) is 83.8 cm³/mol. The Morgan fingerprint density at radius 1 is 1.43 bits per heavy atom. The van der Waals surface area contributed by atoms with Gasteiger partial charge in [-0.2, -0.15) is 5.10 Å². The monoisotopic (exact) mass is 318 g/mol. The molecule has 23 heavy (non-hydrogen) atoms. The quantitative estimate of drug-likeness (QED) is 0.909. The van der Waals surface area contributed by atoms with Crippen molar-refractivity contribution in [3.63, 3.8) is 0 Å². The second-order valence-electron chi connectivity index (χ2n) is 5.71. The number of aryl methyl sites for hydroxylation is 2. The summed E-state index contributed by atoms with van der Waals surface area (Å²) in [6, 6.07) is 6.34. The molecular weight excluding hydrogens is 299 g/mol. The largest absolute Gasteiger partial charge is 0.485 e. The zero-order valence-corrected chi connectivity index (χ0v) is 13.1. The summed E-state index contributed by atoms with van der Waals surface area (Å²) in [5.74, 6) is -0.200. The third-order valence-electron chi connectivity index (χ3n) is 3.71. The van der Waals surface area contributed by atoms with Gasteiger partial charge < -0.3 is 10.1 Å². The zero-order valence-electron chi connectivity index (χ0n) is 13.1. The normalized spacial score (nSPS) is 15.3. The van der Waals surface area contributed by atoms with E-state index in [1.54, 1.807) is 29.1 Å². The molecule has 1 amide bonds. The number of hydrogen-bond acceptors (Lipinski definition) is 4. The van der Waals surface area contributed by atoms with Gasteiger partial charge in [0, 0.05) is 26.3 Å². The summed E-state index contributed by atoms with van der Waals surface area (Å²) in [6.45, 7) is 3.34. The molecule has 2 heterocycles. The second-order valence-corrected chi connectivity index (χ2v) is 5.71. The fraction of sp³-hybridized carbons (Fsp3) is 0.375. The molecule has 0 atom stereocenters. The first kappa shape index (κ1) is 15.5. The maximum absolute atomic E-state index is 13.5. The summed E-state index contributed by atoms with van der Waals surface area (Å²) in [6.07, 6.45) is 1.69. The number of nitrogens with zero attached hydrogens (tertiary/aromatic N) is 3. The standard InChI is InChI=1S/C16H19FN4O2/c1-11-14(9-20(2)19-11)18-16(22)10-21-7-12(8-21)23-15-6-4-3-5-13(15)17/h3-6,9,12H,7-8,10H2,1-2H3,(H,18,22). The number of hydrogen-bond donors (Lipinski definition) is 1. The first-order valence-corrected chi connectivity index (χ1v) is 7.45. The number of amides is 1. The number of nitrogens with one attached hydrogen (secondary N) is 1. The van der Waals surface area contributed by atoms with Crippen LogP contribution in [0.4, 0.5) is 10.1 Å². The van der Waals surface area contributed by atoms with E-state index in [0.29, 0.717) is 13.1 Å². The third kappa shape index (κ3) is 3.68. The molecule has 1 aliphatic heterocycles. The summed E-state index contributed by atoms with van der Waals surface area (Å²) >= 11 is 0. The number of carbonyl (C=O) groups is 1. The molecular formula is C16H19FN4O2. The SMILES string of the molecule is Cc1nn(C)cc1NC(=O)CN1CC(Oc2ccccc2F)C1. The van der Waals surface area contributed by atoms with Gasteiger partial charge in [0.1, 0.15) is 6.10 Å². The number of likely N-dealkylation sites (tertiary alicyclic amines) is 1. The predicted octanol–water partition coefficient (Wildman–Crippen LogP) is 1.57. The summed E-state index contributed by atoms with van der Waals surface area (Å²) in [5.41, 5.74) is 1.50. The Labute approximate surface area is 133 Å². The molecule has 1 saturated heterocycles. The van der Waals surface area contributed by atoms with Gasteiger partial charge in [-0.15, -0.1) is 0 Å². The Kier molecular flexibility index (Phi) is 4.29. The molecule has 122 valence electrons. The van der Waals surface area contributed by atoms with E-state index in [1.165, 1.54) is 6.07 Å². The molecule has 1 aliphatic rings. The molecule has 3 rings (SSSR count). The van der Waals surface area contributed by atoms with Crippen molar-refractivity contribution in [3.05, 3.63) is 42.0 Å². The molecule has 0 spiro atoms. The summed E-state index contributed by atoms with van der Waals surface area (Å²) in [4.78, 5) is 14.0. The fourth-order valence-corrected chi connectivity index (χ4v) is 2.56. The fourth-order valence-electron chi connectivity index (χ4n) is 2.56. The smallest absolute Gasteiger partial charge is 0.238 e. The van der Waals surface area contributed by atoms with Gasteiger partial charge in [-0.05, 0) is 19.1 Å². The van der Waals surface area contributed by atoms with Crippen LogP contribution < -0.4 is 10.1 Å². The molecule has 1 aromatic carbocycles. The van der Waals surface area contributed by atoms with Crippen molar-refractivity contribution in [3.8, 4) is 5.75 Å². The van der Waals surface area contributed by atoms with Crippen molar-refractivity contribution in [1.29, 1.82) is 0 Å². The number of rotatable bonds is 5. The molecule has 0 unspecified atom stereocenters. The molecule has 1 aromatic heterocycles. The third-order valence-corrected chi connectivity index (χ3v) is 3.71. The lowest BCUT2D eigenvalue weighted by Gasteiger charge is -2.38. The number of carbonyl (C=O) groups excluding carboxylic acids is 1. The van der Waals surface area contributed by atoms with Crippen LogP contribution in [0.3, 0.4) is 0 Å². The lowest BCUT2D eigenvalue weighted by molar-refractivity contribution is -0.119. The molecule has 0 aliphatic carbocycles. The van der Waals surface area contributed by atoms with Crippen LogP contribution in [0.2, 0.25) is 0 Å². The van der Waals surface area contributed by atoms with E-state index in [-0.39, 0.29) is 30.1 Å². The number of halogens is 1. The zero-order chi connectivity index (χ0) is 16.4. The summed E-state index contributed by atoms with van der Waals surface area (Å²) in [7, 11) is 1.81. The van der Waals surface area contributed by atoms with Crippen molar-refractivity contribution in [2.45, 2.75) is 13.0 Å². The topological polar surface area (TPSA) is 59.4 Å².